The first-order valence-electron chi connectivity index (χ1n) is 5.19. The van der Waals surface area contributed by atoms with Gasteiger partial charge in [0.2, 0.25) is 5.91 Å². The third-order valence-corrected chi connectivity index (χ3v) is 2.29. The number of hydrogen-bond donors (Lipinski definition) is 2. The third kappa shape index (κ3) is 2.85. The maximum Gasteiger partial charge on any atom is 0.411 e. The van der Waals surface area contributed by atoms with Gasteiger partial charge in [-0.25, -0.2) is 4.79 Å². The van der Waals surface area contributed by atoms with Crippen molar-refractivity contribution in [2.75, 3.05) is 6.54 Å². The van der Waals surface area contributed by atoms with Crippen LogP contribution in [0.2, 0.25) is 0 Å². The second kappa shape index (κ2) is 4.29. The topological polar surface area (TPSA) is 92.9 Å². The van der Waals surface area contributed by atoms with Crippen LogP contribution < -0.4 is 5.73 Å². The third-order valence-electron chi connectivity index (χ3n) is 2.29. The molecule has 1 heterocycles. The van der Waals surface area contributed by atoms with Gasteiger partial charge in [0.05, 0.1) is 6.10 Å². The van der Waals surface area contributed by atoms with E-state index in [0.717, 1.165) is 0 Å². The zero-order valence-electron chi connectivity index (χ0n) is 9.77. The van der Waals surface area contributed by atoms with Crippen molar-refractivity contribution < 1.29 is 19.4 Å². The number of amides is 2. The van der Waals surface area contributed by atoms with Crippen molar-refractivity contribution in [3.63, 3.8) is 0 Å². The summed E-state index contributed by atoms with van der Waals surface area (Å²) in [5.74, 6) is -0.712. The number of hydrogen-bond acceptors (Lipinski definition) is 4. The summed E-state index contributed by atoms with van der Waals surface area (Å²) >= 11 is 0. The van der Waals surface area contributed by atoms with Crippen molar-refractivity contribution in [3.8, 4) is 0 Å². The molecule has 1 saturated heterocycles. The van der Waals surface area contributed by atoms with E-state index in [1.165, 1.54) is 4.90 Å². The largest absolute Gasteiger partial charge is 0.444 e. The highest BCUT2D eigenvalue weighted by molar-refractivity contribution is 5.85. The second-order valence-corrected chi connectivity index (χ2v) is 4.88. The molecule has 0 radical (unpaired) electrons. The van der Waals surface area contributed by atoms with Crippen molar-refractivity contribution in [1.29, 1.82) is 0 Å². The van der Waals surface area contributed by atoms with E-state index in [4.69, 9.17) is 10.5 Å². The molecule has 3 N–H and O–H groups in total. The van der Waals surface area contributed by atoms with Gasteiger partial charge in [-0.15, -0.1) is 0 Å². The van der Waals surface area contributed by atoms with Crippen LogP contribution in [-0.4, -0.2) is 46.3 Å². The molecule has 2 amide bonds. The SMILES string of the molecule is CC(C)(C)OC(=O)N1CC[C@@H](O)[C@@H]1C(N)=O. The zero-order chi connectivity index (χ0) is 12.5. The van der Waals surface area contributed by atoms with Crippen LogP contribution in [0, 0.1) is 0 Å². The van der Waals surface area contributed by atoms with Crippen molar-refractivity contribution >= 4 is 12.0 Å². The fourth-order valence-corrected chi connectivity index (χ4v) is 1.64. The lowest BCUT2D eigenvalue weighted by molar-refractivity contribution is -0.124. The van der Waals surface area contributed by atoms with Gasteiger partial charge in [-0.2, -0.15) is 0 Å². The maximum atomic E-state index is 11.7. The van der Waals surface area contributed by atoms with Crippen molar-refractivity contribution in [3.05, 3.63) is 0 Å². The second-order valence-electron chi connectivity index (χ2n) is 4.88. The number of aliphatic hydroxyl groups excluding tert-OH is 1. The molecule has 0 unspecified atom stereocenters. The Bertz CT molecular complexity index is 298. The molecule has 92 valence electrons. The predicted molar refractivity (Wildman–Crippen MR) is 56.5 cm³/mol. The van der Waals surface area contributed by atoms with Gasteiger partial charge in [0.25, 0.3) is 0 Å². The van der Waals surface area contributed by atoms with Gasteiger partial charge in [0, 0.05) is 6.54 Å². The minimum Gasteiger partial charge on any atom is -0.444 e. The number of nitrogens with zero attached hydrogens (tertiary/aromatic N) is 1. The van der Waals surface area contributed by atoms with E-state index in [-0.39, 0.29) is 6.54 Å². The normalized spacial score (nSPS) is 25.6. The summed E-state index contributed by atoms with van der Waals surface area (Å²) in [6.07, 6.45) is -1.18. The number of primary amides is 1. The number of likely N-dealkylation sites (tertiary alicyclic amines) is 1. The highest BCUT2D eigenvalue weighted by Crippen LogP contribution is 2.20. The van der Waals surface area contributed by atoms with E-state index in [9.17, 15) is 14.7 Å². The molecule has 16 heavy (non-hydrogen) atoms. The Labute approximate surface area is 94.3 Å². The first-order valence-corrected chi connectivity index (χ1v) is 5.19. The number of carbonyl (C=O) groups is 2. The molecular weight excluding hydrogens is 212 g/mol. The fourth-order valence-electron chi connectivity index (χ4n) is 1.64. The summed E-state index contributed by atoms with van der Waals surface area (Å²) in [6.45, 7) is 5.48. The van der Waals surface area contributed by atoms with Crippen LogP contribution >= 0.6 is 0 Å². The van der Waals surface area contributed by atoms with E-state index in [1.54, 1.807) is 20.8 Å². The Hall–Kier alpha value is -1.30. The Kier molecular flexibility index (Phi) is 3.42. The van der Waals surface area contributed by atoms with E-state index in [0.29, 0.717) is 6.42 Å². The average molecular weight is 230 g/mol. The minimum atomic E-state index is -0.977. The molecule has 0 aromatic rings. The van der Waals surface area contributed by atoms with Crippen LogP contribution in [0.5, 0.6) is 0 Å². The van der Waals surface area contributed by atoms with Gasteiger partial charge in [0.1, 0.15) is 11.6 Å². The lowest BCUT2D eigenvalue weighted by atomic mass is 10.1. The van der Waals surface area contributed by atoms with E-state index < -0.39 is 29.7 Å². The number of aliphatic hydroxyl groups is 1. The molecule has 0 aliphatic carbocycles. The van der Waals surface area contributed by atoms with Crippen LogP contribution in [0.15, 0.2) is 0 Å². The standard InChI is InChI=1S/C10H18N2O4/c1-10(2,3)16-9(15)12-5-4-6(13)7(12)8(11)14/h6-7,13H,4-5H2,1-3H3,(H2,11,14)/t6-,7-/m1/s1. The fraction of sp³-hybridized carbons (Fsp3) is 0.800. The van der Waals surface area contributed by atoms with Gasteiger partial charge in [-0.3, -0.25) is 9.69 Å². The Morgan fingerprint density at radius 3 is 2.44 bits per heavy atom. The van der Waals surface area contributed by atoms with Gasteiger partial charge in [0.15, 0.2) is 0 Å². The van der Waals surface area contributed by atoms with Gasteiger partial charge in [-0.05, 0) is 27.2 Å². The predicted octanol–water partition coefficient (Wildman–Crippen LogP) is -0.158. The lowest BCUT2D eigenvalue weighted by Gasteiger charge is -2.27. The molecule has 1 rings (SSSR count). The molecule has 2 atom stereocenters. The monoisotopic (exact) mass is 230 g/mol. The molecule has 1 aliphatic rings. The quantitative estimate of drug-likeness (QED) is 0.654. The highest BCUT2D eigenvalue weighted by Gasteiger charge is 2.41. The van der Waals surface area contributed by atoms with Crippen molar-refractivity contribution in [1.82, 2.24) is 4.90 Å². The van der Waals surface area contributed by atoms with Crippen molar-refractivity contribution in [2.45, 2.75) is 44.9 Å². The molecule has 0 bridgehead atoms. The van der Waals surface area contributed by atoms with Crippen LogP contribution in [0.25, 0.3) is 0 Å². The first-order chi connectivity index (χ1) is 7.22. The van der Waals surface area contributed by atoms with Gasteiger partial charge in [-0.1, -0.05) is 0 Å². The zero-order valence-corrected chi connectivity index (χ0v) is 9.77. The van der Waals surface area contributed by atoms with Gasteiger partial charge < -0.3 is 15.6 Å². The summed E-state index contributed by atoms with van der Waals surface area (Å²) < 4.78 is 5.12. The lowest BCUT2D eigenvalue weighted by Crippen LogP contribution is -2.49. The summed E-state index contributed by atoms with van der Waals surface area (Å²) in [5.41, 5.74) is 4.50. The van der Waals surface area contributed by atoms with Crippen LogP contribution in [0.3, 0.4) is 0 Å². The molecule has 1 fully saturated rings. The molecule has 0 spiro atoms. The Morgan fingerprint density at radius 1 is 1.44 bits per heavy atom. The maximum absolute atomic E-state index is 11.7. The number of ether oxygens (including phenoxy) is 1. The van der Waals surface area contributed by atoms with E-state index in [2.05, 4.69) is 0 Å². The van der Waals surface area contributed by atoms with E-state index in [1.807, 2.05) is 0 Å². The molecule has 0 aromatic carbocycles. The van der Waals surface area contributed by atoms with Crippen LogP contribution in [0.4, 0.5) is 4.79 Å². The molecule has 1 aliphatic heterocycles. The molecule has 0 aromatic heterocycles. The van der Waals surface area contributed by atoms with Crippen LogP contribution in [0.1, 0.15) is 27.2 Å². The Balaban J connectivity index is 2.73. The molecule has 6 heteroatoms. The molecular formula is C10H18N2O4. The summed E-state index contributed by atoms with van der Waals surface area (Å²) in [7, 11) is 0. The number of rotatable bonds is 1. The van der Waals surface area contributed by atoms with Crippen LogP contribution in [-0.2, 0) is 9.53 Å². The molecule has 6 nitrogen and oxygen atoms in total. The summed E-state index contributed by atoms with van der Waals surface area (Å²) in [4.78, 5) is 24.0. The van der Waals surface area contributed by atoms with Gasteiger partial charge >= 0.3 is 6.09 Å². The first kappa shape index (κ1) is 12.8. The average Bonchev–Trinajstić information content (AvgIpc) is 2.43. The Morgan fingerprint density at radius 2 is 2.00 bits per heavy atom. The number of nitrogens with two attached hydrogens (primary N) is 1. The minimum absolute atomic E-state index is 0.281. The highest BCUT2D eigenvalue weighted by atomic mass is 16.6. The smallest absolute Gasteiger partial charge is 0.411 e. The number of carbonyl (C=O) groups excluding carboxylic acids is 2. The molecule has 0 saturated carbocycles. The van der Waals surface area contributed by atoms with E-state index >= 15 is 0 Å². The van der Waals surface area contributed by atoms with Crippen molar-refractivity contribution in [2.24, 2.45) is 5.73 Å². The summed E-state index contributed by atoms with van der Waals surface area (Å²) in [5, 5.41) is 9.53. The summed E-state index contributed by atoms with van der Waals surface area (Å²) in [6, 6.07) is -0.977.